The molecule has 0 saturated carbocycles. The fraction of sp³-hybridized carbons (Fsp3) is 0.235. The van der Waals surface area contributed by atoms with E-state index in [1.807, 2.05) is 0 Å². The maximum atomic E-state index is 11.1. The summed E-state index contributed by atoms with van der Waals surface area (Å²) in [6.07, 6.45) is 5.04. The maximum absolute atomic E-state index is 11.1. The van der Waals surface area contributed by atoms with Crippen molar-refractivity contribution in [1.29, 1.82) is 0 Å². The van der Waals surface area contributed by atoms with Crippen LogP contribution in [0.2, 0.25) is 0 Å². The van der Waals surface area contributed by atoms with E-state index < -0.39 is 27.8 Å². The van der Waals surface area contributed by atoms with Gasteiger partial charge in [-0.05, 0) is 74.7 Å². The van der Waals surface area contributed by atoms with Crippen molar-refractivity contribution in [2.75, 3.05) is 34.9 Å². The molecule has 0 atom stereocenters. The molecule has 1 heterocycles. The summed E-state index contributed by atoms with van der Waals surface area (Å²) in [7, 11) is -1.13. The number of carbonyl (C=O) groups is 2. The molecule has 1 aliphatic heterocycles. The van der Waals surface area contributed by atoms with E-state index in [1.54, 1.807) is 0 Å². The highest BCUT2D eigenvalue weighted by Crippen LogP contribution is 2.47. The van der Waals surface area contributed by atoms with Gasteiger partial charge < -0.3 is 20.0 Å². The molecule has 5 rings (SSSR count). The first-order valence-corrected chi connectivity index (χ1v) is 17.6. The van der Waals surface area contributed by atoms with E-state index in [9.17, 15) is 9.59 Å². The number of aliphatic carboxylic acids is 2. The Balaban J connectivity index is 1.46. The maximum Gasteiger partial charge on any atom is 0.303 e. The van der Waals surface area contributed by atoms with E-state index in [0.29, 0.717) is 12.8 Å². The number of anilines is 2. The molecule has 0 bridgehead atoms. The zero-order chi connectivity index (χ0) is 29.3. The lowest BCUT2D eigenvalue weighted by Gasteiger charge is -2.41. The van der Waals surface area contributed by atoms with Gasteiger partial charge >= 0.3 is 11.9 Å². The number of aryl methyl sites for hydroxylation is 2. The quantitative estimate of drug-likeness (QED) is 0.203. The zero-order valence-electron chi connectivity index (χ0n) is 23.5. The third kappa shape index (κ3) is 8.18. The van der Waals surface area contributed by atoms with Gasteiger partial charge in [0.15, 0.2) is 0 Å². The Bertz CT molecular complexity index is 1330. The van der Waals surface area contributed by atoms with Crippen LogP contribution in [0.25, 0.3) is 0 Å². The first-order valence-electron chi connectivity index (χ1n) is 14.2. The Morgan fingerprint density at radius 3 is 1.17 bits per heavy atom. The van der Waals surface area contributed by atoms with Crippen LogP contribution in [0.3, 0.4) is 0 Å². The summed E-state index contributed by atoms with van der Waals surface area (Å²) < 4.78 is 0. The molecule has 8 heteroatoms. The highest BCUT2D eigenvalue weighted by Gasteiger charge is 2.28. The molecule has 0 amide bonds. The standard InChI is InChI=1S/C34H36N2O4P2/c37-33(38)21-15-27-11-17-29(18-12-27)35-23-41(31-7-3-1-4-8-31)24-36(26-42(25-35)32-9-5-2-6-10-32)30-19-13-28(14-20-30)16-22-34(39)40/h1-14,17-20H,15-16,21-26H2,(H,37,38)(H,39,40). The van der Waals surface area contributed by atoms with Crippen molar-refractivity contribution in [3.05, 3.63) is 120 Å². The third-order valence-corrected chi connectivity index (χ3v) is 12.3. The Hall–Kier alpha value is -3.72. The van der Waals surface area contributed by atoms with E-state index >= 15 is 0 Å². The summed E-state index contributed by atoms with van der Waals surface area (Å²) >= 11 is 0. The Kier molecular flexibility index (Phi) is 10.2. The molecule has 0 aromatic heterocycles. The monoisotopic (exact) mass is 598 g/mol. The van der Waals surface area contributed by atoms with Crippen LogP contribution < -0.4 is 20.4 Å². The summed E-state index contributed by atoms with van der Waals surface area (Å²) in [5.41, 5.74) is 4.44. The topological polar surface area (TPSA) is 81.1 Å². The molecule has 4 aromatic rings. The summed E-state index contributed by atoms with van der Waals surface area (Å²) in [4.78, 5) is 27.2. The molecule has 0 aliphatic carbocycles. The molecule has 0 radical (unpaired) electrons. The highest BCUT2D eigenvalue weighted by atomic mass is 31.1. The van der Waals surface area contributed by atoms with Gasteiger partial charge in [0.2, 0.25) is 0 Å². The smallest absolute Gasteiger partial charge is 0.303 e. The van der Waals surface area contributed by atoms with Crippen molar-refractivity contribution >= 4 is 49.8 Å². The fourth-order valence-corrected chi connectivity index (χ4v) is 10.2. The van der Waals surface area contributed by atoms with Gasteiger partial charge in [-0.1, -0.05) is 84.9 Å². The SMILES string of the molecule is O=C(O)CCc1ccc(N2CP(c3ccccc3)CN(c3ccc(CCC(=O)O)cc3)CP(c3ccccc3)C2)cc1. The van der Waals surface area contributed by atoms with Crippen LogP contribution in [-0.2, 0) is 22.4 Å². The molecule has 1 saturated heterocycles. The lowest BCUT2D eigenvalue weighted by molar-refractivity contribution is -0.138. The molecule has 4 aromatic carbocycles. The second kappa shape index (κ2) is 14.4. The van der Waals surface area contributed by atoms with Crippen LogP contribution in [0.15, 0.2) is 109 Å². The number of carboxylic acids is 2. The van der Waals surface area contributed by atoms with Crippen LogP contribution >= 0.6 is 15.8 Å². The van der Waals surface area contributed by atoms with Gasteiger partial charge in [-0.3, -0.25) is 9.59 Å². The predicted octanol–water partition coefficient (Wildman–Crippen LogP) is 6.49. The Morgan fingerprint density at radius 1 is 0.524 bits per heavy atom. The van der Waals surface area contributed by atoms with Crippen LogP contribution in [0.5, 0.6) is 0 Å². The van der Waals surface area contributed by atoms with E-state index in [1.165, 1.54) is 22.0 Å². The Morgan fingerprint density at radius 2 is 0.857 bits per heavy atom. The van der Waals surface area contributed by atoms with E-state index in [4.69, 9.17) is 10.2 Å². The van der Waals surface area contributed by atoms with Crippen molar-refractivity contribution in [3.63, 3.8) is 0 Å². The normalized spacial score (nSPS) is 17.3. The first-order chi connectivity index (χ1) is 20.4. The number of hydrogen-bond acceptors (Lipinski definition) is 4. The van der Waals surface area contributed by atoms with E-state index in [2.05, 4.69) is 119 Å². The Labute approximate surface area is 250 Å². The minimum absolute atomic E-state index is 0.137. The molecule has 0 spiro atoms. The molecule has 1 aliphatic rings. The van der Waals surface area contributed by atoms with Crippen molar-refractivity contribution in [3.8, 4) is 0 Å². The number of nitrogens with zero attached hydrogens (tertiary/aromatic N) is 2. The number of benzene rings is 4. The van der Waals surface area contributed by atoms with E-state index in [0.717, 1.165) is 36.3 Å². The zero-order valence-corrected chi connectivity index (χ0v) is 25.3. The largest absolute Gasteiger partial charge is 0.481 e. The predicted molar refractivity (Wildman–Crippen MR) is 175 cm³/mol. The minimum atomic E-state index is -0.774. The van der Waals surface area contributed by atoms with Crippen molar-refractivity contribution in [2.24, 2.45) is 0 Å². The van der Waals surface area contributed by atoms with Gasteiger partial charge in [0.25, 0.3) is 0 Å². The van der Waals surface area contributed by atoms with Crippen LogP contribution in [0.4, 0.5) is 11.4 Å². The average Bonchev–Trinajstić information content (AvgIpc) is 3.01. The van der Waals surface area contributed by atoms with Crippen LogP contribution in [0, 0.1) is 0 Å². The van der Waals surface area contributed by atoms with Gasteiger partial charge in [-0.15, -0.1) is 0 Å². The second-order valence-corrected chi connectivity index (χ2v) is 14.8. The van der Waals surface area contributed by atoms with Gasteiger partial charge in [0.1, 0.15) is 0 Å². The molecule has 216 valence electrons. The lowest BCUT2D eigenvalue weighted by Crippen LogP contribution is -2.38. The van der Waals surface area contributed by atoms with E-state index in [-0.39, 0.29) is 12.8 Å². The van der Waals surface area contributed by atoms with Gasteiger partial charge in [0.05, 0.1) is 0 Å². The van der Waals surface area contributed by atoms with Gasteiger partial charge in [0, 0.05) is 49.4 Å². The van der Waals surface area contributed by atoms with Crippen LogP contribution in [-0.4, -0.2) is 47.3 Å². The lowest BCUT2D eigenvalue weighted by atomic mass is 10.1. The molecule has 0 unspecified atom stereocenters. The number of hydrogen-bond donors (Lipinski definition) is 2. The third-order valence-electron chi connectivity index (χ3n) is 7.47. The van der Waals surface area contributed by atoms with Crippen molar-refractivity contribution in [2.45, 2.75) is 25.7 Å². The summed E-state index contributed by atoms with van der Waals surface area (Å²) in [5, 5.41) is 20.9. The minimum Gasteiger partial charge on any atom is -0.481 e. The number of rotatable bonds is 10. The van der Waals surface area contributed by atoms with Gasteiger partial charge in [-0.25, -0.2) is 0 Å². The summed E-state index contributed by atoms with van der Waals surface area (Å²) in [6.45, 7) is 0. The molecular weight excluding hydrogens is 562 g/mol. The molecular formula is C34H36N2O4P2. The highest BCUT2D eigenvalue weighted by molar-refractivity contribution is 7.67. The second-order valence-electron chi connectivity index (χ2n) is 10.5. The molecule has 6 nitrogen and oxygen atoms in total. The van der Waals surface area contributed by atoms with Crippen LogP contribution in [0.1, 0.15) is 24.0 Å². The molecule has 2 N–H and O–H groups in total. The number of carboxylic acid groups (broad SMARTS) is 2. The van der Waals surface area contributed by atoms with Gasteiger partial charge in [-0.2, -0.15) is 0 Å². The van der Waals surface area contributed by atoms with Crippen molar-refractivity contribution in [1.82, 2.24) is 0 Å². The fourth-order valence-electron chi connectivity index (χ4n) is 5.18. The van der Waals surface area contributed by atoms with Crippen molar-refractivity contribution < 1.29 is 19.8 Å². The summed E-state index contributed by atoms with van der Waals surface area (Å²) in [5.74, 6) is -1.55. The molecule has 1 fully saturated rings. The average molecular weight is 599 g/mol. The molecule has 42 heavy (non-hydrogen) atoms. The first kappa shape index (κ1) is 29.8. The summed E-state index contributed by atoms with van der Waals surface area (Å²) in [6, 6.07) is 38.5.